The molecule has 100 valence electrons. The number of aromatic amines is 1. The molecule has 0 radical (unpaired) electrons. The highest BCUT2D eigenvalue weighted by Crippen LogP contribution is 2.12. The molecule has 1 aromatic rings. The van der Waals surface area contributed by atoms with Gasteiger partial charge in [0, 0.05) is 12.6 Å². The molecule has 2 heterocycles. The predicted molar refractivity (Wildman–Crippen MR) is 70.3 cm³/mol. The smallest absolute Gasteiger partial charge is 0.274 e. The van der Waals surface area contributed by atoms with Gasteiger partial charge in [-0.1, -0.05) is 0 Å². The second-order valence-electron chi connectivity index (χ2n) is 4.99. The van der Waals surface area contributed by atoms with Gasteiger partial charge >= 0.3 is 0 Å². The molecular formula is C12H21N5O. The predicted octanol–water partition coefficient (Wildman–Crippen LogP) is 0.514. The molecule has 0 spiro atoms. The highest BCUT2D eigenvalue weighted by Gasteiger charge is 2.19. The Morgan fingerprint density at radius 1 is 1.56 bits per heavy atom. The topological polar surface area (TPSA) is 87.0 Å². The van der Waals surface area contributed by atoms with Crippen LogP contribution in [0.5, 0.6) is 0 Å². The van der Waals surface area contributed by atoms with Gasteiger partial charge in [-0.2, -0.15) is 5.10 Å². The third-order valence-electron chi connectivity index (χ3n) is 3.32. The second-order valence-corrected chi connectivity index (χ2v) is 4.99. The Hall–Kier alpha value is -1.56. The number of aromatic nitrogens is 2. The van der Waals surface area contributed by atoms with Crippen molar-refractivity contribution in [2.75, 3.05) is 25.4 Å². The summed E-state index contributed by atoms with van der Waals surface area (Å²) >= 11 is 0. The Morgan fingerprint density at radius 3 is 2.78 bits per heavy atom. The summed E-state index contributed by atoms with van der Waals surface area (Å²) in [6.45, 7) is 6.95. The van der Waals surface area contributed by atoms with E-state index >= 15 is 0 Å². The number of carbonyl (C=O) groups excluding carboxylic acids is 1. The van der Waals surface area contributed by atoms with Crippen molar-refractivity contribution in [3.63, 3.8) is 0 Å². The SMILES string of the molecule is Cc1[nH]nc(C(=O)NC(C)CN2CCCC2)c1N. The first-order valence-electron chi connectivity index (χ1n) is 6.41. The fraction of sp³-hybridized carbons (Fsp3) is 0.667. The van der Waals surface area contributed by atoms with E-state index in [0.29, 0.717) is 11.4 Å². The highest BCUT2D eigenvalue weighted by atomic mass is 16.2. The fourth-order valence-electron chi connectivity index (χ4n) is 2.30. The summed E-state index contributed by atoms with van der Waals surface area (Å²) in [5.41, 5.74) is 7.23. The summed E-state index contributed by atoms with van der Waals surface area (Å²) in [5, 5.41) is 9.58. The third kappa shape index (κ3) is 2.81. The zero-order valence-corrected chi connectivity index (χ0v) is 11.0. The van der Waals surface area contributed by atoms with E-state index in [0.717, 1.165) is 25.3 Å². The normalized spacial score (nSPS) is 17.9. The molecule has 0 aliphatic carbocycles. The van der Waals surface area contributed by atoms with E-state index in [2.05, 4.69) is 20.4 Å². The highest BCUT2D eigenvalue weighted by molar-refractivity contribution is 5.97. The molecule has 1 aliphatic rings. The lowest BCUT2D eigenvalue weighted by molar-refractivity contribution is 0.0927. The van der Waals surface area contributed by atoms with E-state index < -0.39 is 0 Å². The maximum absolute atomic E-state index is 12.0. The van der Waals surface area contributed by atoms with Crippen LogP contribution >= 0.6 is 0 Å². The van der Waals surface area contributed by atoms with Gasteiger partial charge in [0.2, 0.25) is 0 Å². The monoisotopic (exact) mass is 251 g/mol. The maximum Gasteiger partial charge on any atom is 0.274 e. The number of hydrogen-bond acceptors (Lipinski definition) is 4. The average Bonchev–Trinajstić information content (AvgIpc) is 2.91. The zero-order chi connectivity index (χ0) is 13.1. The van der Waals surface area contributed by atoms with Crippen LogP contribution in [-0.2, 0) is 0 Å². The molecule has 0 aromatic carbocycles. The van der Waals surface area contributed by atoms with Crippen LogP contribution in [0.1, 0.15) is 35.9 Å². The molecular weight excluding hydrogens is 230 g/mol. The van der Waals surface area contributed by atoms with Gasteiger partial charge in [0.25, 0.3) is 5.91 Å². The Labute approximate surface area is 107 Å². The van der Waals surface area contributed by atoms with Gasteiger partial charge in [0.05, 0.1) is 11.4 Å². The quantitative estimate of drug-likeness (QED) is 0.728. The standard InChI is InChI=1S/C12H21N5O/c1-8(7-17-5-3-4-6-17)14-12(18)11-10(13)9(2)15-16-11/h8H,3-7,13H2,1-2H3,(H,14,18)(H,15,16). The Kier molecular flexibility index (Phi) is 3.86. The van der Waals surface area contributed by atoms with Crippen LogP contribution in [0.3, 0.4) is 0 Å². The van der Waals surface area contributed by atoms with Crippen molar-refractivity contribution >= 4 is 11.6 Å². The van der Waals surface area contributed by atoms with E-state index in [-0.39, 0.29) is 11.9 Å². The van der Waals surface area contributed by atoms with Crippen LogP contribution < -0.4 is 11.1 Å². The van der Waals surface area contributed by atoms with Crippen molar-refractivity contribution in [1.29, 1.82) is 0 Å². The number of rotatable bonds is 4. The number of likely N-dealkylation sites (tertiary alicyclic amines) is 1. The van der Waals surface area contributed by atoms with Crippen molar-refractivity contribution in [1.82, 2.24) is 20.4 Å². The molecule has 0 saturated carbocycles. The number of nitrogens with two attached hydrogens (primary N) is 1. The van der Waals surface area contributed by atoms with Crippen LogP contribution in [0.2, 0.25) is 0 Å². The number of nitrogens with zero attached hydrogens (tertiary/aromatic N) is 2. The van der Waals surface area contributed by atoms with E-state index in [1.807, 2.05) is 6.92 Å². The molecule has 4 N–H and O–H groups in total. The minimum absolute atomic E-state index is 0.104. The van der Waals surface area contributed by atoms with Crippen molar-refractivity contribution in [2.24, 2.45) is 0 Å². The van der Waals surface area contributed by atoms with Crippen molar-refractivity contribution in [3.8, 4) is 0 Å². The maximum atomic E-state index is 12.0. The van der Waals surface area contributed by atoms with Crippen LogP contribution in [0.4, 0.5) is 5.69 Å². The van der Waals surface area contributed by atoms with E-state index in [4.69, 9.17) is 5.73 Å². The molecule has 6 nitrogen and oxygen atoms in total. The van der Waals surface area contributed by atoms with Gasteiger partial charge < -0.3 is 16.0 Å². The lowest BCUT2D eigenvalue weighted by Crippen LogP contribution is -2.41. The van der Waals surface area contributed by atoms with Gasteiger partial charge in [-0.25, -0.2) is 0 Å². The number of carbonyl (C=O) groups is 1. The van der Waals surface area contributed by atoms with E-state index in [9.17, 15) is 4.79 Å². The first kappa shape index (κ1) is 12.9. The van der Waals surface area contributed by atoms with Crippen LogP contribution in [-0.4, -0.2) is 46.7 Å². The number of hydrogen-bond donors (Lipinski definition) is 3. The number of H-pyrrole nitrogens is 1. The molecule has 1 amide bonds. The van der Waals surface area contributed by atoms with Crippen LogP contribution in [0, 0.1) is 6.92 Å². The minimum atomic E-state index is -0.205. The molecule has 6 heteroatoms. The van der Waals surface area contributed by atoms with Crippen molar-refractivity contribution in [3.05, 3.63) is 11.4 Å². The summed E-state index contributed by atoms with van der Waals surface area (Å²) in [6.07, 6.45) is 2.51. The van der Waals surface area contributed by atoms with Gasteiger partial charge in [-0.05, 0) is 39.8 Å². The number of nitrogens with one attached hydrogen (secondary N) is 2. The van der Waals surface area contributed by atoms with E-state index in [1.54, 1.807) is 6.92 Å². The molecule has 18 heavy (non-hydrogen) atoms. The van der Waals surface area contributed by atoms with Gasteiger partial charge in [-0.3, -0.25) is 9.89 Å². The van der Waals surface area contributed by atoms with Crippen molar-refractivity contribution < 1.29 is 4.79 Å². The third-order valence-corrected chi connectivity index (χ3v) is 3.32. The summed E-state index contributed by atoms with van der Waals surface area (Å²) in [6, 6.07) is 0.104. The fourth-order valence-corrected chi connectivity index (χ4v) is 2.30. The zero-order valence-electron chi connectivity index (χ0n) is 11.0. The average molecular weight is 251 g/mol. The molecule has 1 atom stereocenters. The van der Waals surface area contributed by atoms with Crippen LogP contribution in [0.25, 0.3) is 0 Å². The minimum Gasteiger partial charge on any atom is -0.395 e. The Bertz CT molecular complexity index is 422. The summed E-state index contributed by atoms with van der Waals surface area (Å²) in [5.74, 6) is -0.205. The molecule has 1 aliphatic heterocycles. The lowest BCUT2D eigenvalue weighted by Gasteiger charge is -2.20. The molecule has 0 bridgehead atoms. The summed E-state index contributed by atoms with van der Waals surface area (Å²) in [7, 11) is 0. The number of nitrogen functional groups attached to an aromatic ring is 1. The molecule has 1 aromatic heterocycles. The largest absolute Gasteiger partial charge is 0.395 e. The Morgan fingerprint density at radius 2 is 2.22 bits per heavy atom. The van der Waals surface area contributed by atoms with Gasteiger partial charge in [-0.15, -0.1) is 0 Å². The molecule has 2 rings (SSSR count). The lowest BCUT2D eigenvalue weighted by atomic mass is 10.2. The first-order valence-corrected chi connectivity index (χ1v) is 6.41. The number of amides is 1. The van der Waals surface area contributed by atoms with Crippen LogP contribution in [0.15, 0.2) is 0 Å². The molecule has 1 saturated heterocycles. The number of anilines is 1. The first-order chi connectivity index (χ1) is 8.58. The van der Waals surface area contributed by atoms with Gasteiger partial charge in [0.15, 0.2) is 5.69 Å². The van der Waals surface area contributed by atoms with Crippen molar-refractivity contribution in [2.45, 2.75) is 32.7 Å². The second kappa shape index (κ2) is 5.39. The molecule has 1 unspecified atom stereocenters. The summed E-state index contributed by atoms with van der Waals surface area (Å²) in [4.78, 5) is 14.3. The van der Waals surface area contributed by atoms with Gasteiger partial charge in [0.1, 0.15) is 0 Å². The Balaban J connectivity index is 1.88. The summed E-state index contributed by atoms with van der Waals surface area (Å²) < 4.78 is 0. The number of aryl methyl sites for hydroxylation is 1. The van der Waals surface area contributed by atoms with E-state index in [1.165, 1.54) is 12.8 Å². The molecule has 1 fully saturated rings.